The van der Waals surface area contributed by atoms with E-state index >= 15 is 0 Å². The molecule has 0 aromatic carbocycles. The summed E-state index contributed by atoms with van der Waals surface area (Å²) in [4.78, 5) is 11.3. The number of ether oxygens (including phenoxy) is 1. The standard InChI is InChI=1S/C13H20N4O/c1-9-10-6-18-8-13(4-5-14-7-13)11(10)16-12(15-9)17(2)3/h14H,4-8H2,1-3H3/t13-/m1/s1. The molecule has 0 aliphatic carbocycles. The second kappa shape index (κ2) is 4.17. The monoisotopic (exact) mass is 248 g/mol. The molecule has 18 heavy (non-hydrogen) atoms. The lowest BCUT2D eigenvalue weighted by molar-refractivity contribution is 0.0545. The average Bonchev–Trinajstić information content (AvgIpc) is 2.79. The van der Waals surface area contributed by atoms with Crippen LogP contribution < -0.4 is 10.2 Å². The normalized spacial score (nSPS) is 26.4. The Hall–Kier alpha value is -1.20. The highest BCUT2D eigenvalue weighted by Gasteiger charge is 2.42. The first-order valence-electron chi connectivity index (χ1n) is 6.46. The first-order valence-corrected chi connectivity index (χ1v) is 6.46. The van der Waals surface area contributed by atoms with Crippen molar-refractivity contribution >= 4 is 5.95 Å². The summed E-state index contributed by atoms with van der Waals surface area (Å²) in [5.41, 5.74) is 3.51. The predicted molar refractivity (Wildman–Crippen MR) is 69.9 cm³/mol. The fraction of sp³-hybridized carbons (Fsp3) is 0.692. The summed E-state index contributed by atoms with van der Waals surface area (Å²) in [6.07, 6.45) is 1.10. The largest absolute Gasteiger partial charge is 0.376 e. The smallest absolute Gasteiger partial charge is 0.225 e. The summed E-state index contributed by atoms with van der Waals surface area (Å²) < 4.78 is 5.78. The van der Waals surface area contributed by atoms with Crippen LogP contribution in [0.25, 0.3) is 0 Å². The Morgan fingerprint density at radius 1 is 1.33 bits per heavy atom. The van der Waals surface area contributed by atoms with Gasteiger partial charge in [-0.15, -0.1) is 0 Å². The minimum atomic E-state index is 0.0616. The highest BCUT2D eigenvalue weighted by molar-refractivity contribution is 5.41. The van der Waals surface area contributed by atoms with Crippen molar-refractivity contribution < 1.29 is 4.74 Å². The van der Waals surface area contributed by atoms with Crippen molar-refractivity contribution in [1.29, 1.82) is 0 Å². The molecule has 2 aliphatic rings. The zero-order valence-electron chi connectivity index (χ0n) is 11.3. The fourth-order valence-corrected chi connectivity index (χ4v) is 2.88. The van der Waals surface area contributed by atoms with Crippen molar-refractivity contribution in [3.8, 4) is 0 Å². The zero-order valence-corrected chi connectivity index (χ0v) is 11.3. The van der Waals surface area contributed by atoms with E-state index in [0.717, 1.165) is 37.8 Å². The van der Waals surface area contributed by atoms with Crippen LogP contribution in [0.1, 0.15) is 23.4 Å². The Balaban J connectivity index is 2.14. The molecule has 98 valence electrons. The van der Waals surface area contributed by atoms with Gasteiger partial charge in [0.25, 0.3) is 0 Å². The number of anilines is 1. The van der Waals surface area contributed by atoms with E-state index < -0.39 is 0 Å². The van der Waals surface area contributed by atoms with E-state index in [0.29, 0.717) is 6.61 Å². The van der Waals surface area contributed by atoms with E-state index in [1.165, 1.54) is 11.3 Å². The number of hydrogen-bond donors (Lipinski definition) is 1. The van der Waals surface area contributed by atoms with Gasteiger partial charge in [0, 0.05) is 31.9 Å². The molecule has 3 heterocycles. The lowest BCUT2D eigenvalue weighted by Gasteiger charge is -2.34. The Morgan fingerprint density at radius 2 is 2.17 bits per heavy atom. The van der Waals surface area contributed by atoms with Gasteiger partial charge in [-0.2, -0.15) is 0 Å². The molecular weight excluding hydrogens is 228 g/mol. The molecule has 0 amide bonds. The second-order valence-electron chi connectivity index (χ2n) is 5.53. The van der Waals surface area contributed by atoms with Gasteiger partial charge in [0.2, 0.25) is 5.95 Å². The third-order valence-corrected chi connectivity index (χ3v) is 3.97. The van der Waals surface area contributed by atoms with Crippen molar-refractivity contribution in [2.75, 3.05) is 38.7 Å². The van der Waals surface area contributed by atoms with Crippen molar-refractivity contribution in [2.45, 2.75) is 25.4 Å². The molecule has 1 fully saturated rings. The van der Waals surface area contributed by atoms with E-state index in [-0.39, 0.29) is 5.41 Å². The van der Waals surface area contributed by atoms with Crippen molar-refractivity contribution in [2.24, 2.45) is 0 Å². The number of nitrogens with zero attached hydrogens (tertiary/aromatic N) is 3. The first-order chi connectivity index (χ1) is 8.62. The van der Waals surface area contributed by atoms with Crippen LogP contribution in [0.15, 0.2) is 0 Å². The number of aromatic nitrogens is 2. The molecule has 0 unspecified atom stereocenters. The fourth-order valence-electron chi connectivity index (χ4n) is 2.88. The maximum absolute atomic E-state index is 5.78. The minimum Gasteiger partial charge on any atom is -0.376 e. The van der Waals surface area contributed by atoms with E-state index in [1.807, 2.05) is 19.0 Å². The molecule has 5 heteroatoms. The van der Waals surface area contributed by atoms with Crippen LogP contribution in [0.5, 0.6) is 0 Å². The van der Waals surface area contributed by atoms with Gasteiger partial charge in [-0.3, -0.25) is 0 Å². The molecule has 1 N–H and O–H groups in total. The van der Waals surface area contributed by atoms with Crippen LogP contribution in [0.3, 0.4) is 0 Å². The van der Waals surface area contributed by atoms with Crippen molar-refractivity contribution in [3.63, 3.8) is 0 Å². The first kappa shape index (κ1) is 11.9. The summed E-state index contributed by atoms with van der Waals surface area (Å²) in [6, 6.07) is 0. The topological polar surface area (TPSA) is 50.3 Å². The molecule has 2 aliphatic heterocycles. The quantitative estimate of drug-likeness (QED) is 0.789. The second-order valence-corrected chi connectivity index (χ2v) is 5.53. The molecular formula is C13H20N4O. The van der Waals surface area contributed by atoms with Crippen LogP contribution in [-0.4, -0.2) is 43.8 Å². The lowest BCUT2D eigenvalue weighted by Crippen LogP contribution is -2.40. The number of fused-ring (bicyclic) bond motifs is 2. The van der Waals surface area contributed by atoms with Crippen LogP contribution in [-0.2, 0) is 16.8 Å². The minimum absolute atomic E-state index is 0.0616. The lowest BCUT2D eigenvalue weighted by atomic mass is 9.80. The Kier molecular flexibility index (Phi) is 2.75. The molecule has 1 spiro atoms. The summed E-state index contributed by atoms with van der Waals surface area (Å²) in [5.74, 6) is 0.805. The van der Waals surface area contributed by atoms with Gasteiger partial charge in [0.1, 0.15) is 0 Å². The van der Waals surface area contributed by atoms with Crippen LogP contribution in [0.2, 0.25) is 0 Å². The summed E-state index contributed by atoms with van der Waals surface area (Å²) in [7, 11) is 3.97. The third-order valence-electron chi connectivity index (χ3n) is 3.97. The van der Waals surface area contributed by atoms with Crippen molar-refractivity contribution in [3.05, 3.63) is 17.0 Å². The van der Waals surface area contributed by atoms with E-state index in [4.69, 9.17) is 9.72 Å². The Labute approximate surface area is 108 Å². The van der Waals surface area contributed by atoms with Gasteiger partial charge in [-0.1, -0.05) is 0 Å². The number of nitrogens with one attached hydrogen (secondary N) is 1. The molecule has 5 nitrogen and oxygen atoms in total. The molecule has 1 aromatic heterocycles. The summed E-state index contributed by atoms with van der Waals surface area (Å²) in [5, 5.41) is 3.44. The summed E-state index contributed by atoms with van der Waals surface area (Å²) in [6.45, 7) is 5.48. The molecule has 0 bridgehead atoms. The number of hydrogen-bond acceptors (Lipinski definition) is 5. The van der Waals surface area contributed by atoms with E-state index in [1.54, 1.807) is 0 Å². The third kappa shape index (κ3) is 1.69. The maximum atomic E-state index is 5.78. The van der Waals surface area contributed by atoms with E-state index in [9.17, 15) is 0 Å². The van der Waals surface area contributed by atoms with Crippen molar-refractivity contribution in [1.82, 2.24) is 15.3 Å². The highest BCUT2D eigenvalue weighted by atomic mass is 16.5. The summed E-state index contributed by atoms with van der Waals surface area (Å²) >= 11 is 0. The van der Waals surface area contributed by atoms with E-state index in [2.05, 4.69) is 17.2 Å². The van der Waals surface area contributed by atoms with Gasteiger partial charge in [-0.25, -0.2) is 9.97 Å². The highest BCUT2D eigenvalue weighted by Crippen LogP contribution is 2.37. The molecule has 3 rings (SSSR count). The predicted octanol–water partition coefficient (Wildman–Crippen LogP) is 0.612. The Morgan fingerprint density at radius 3 is 2.83 bits per heavy atom. The van der Waals surface area contributed by atoms with Crippen LogP contribution in [0.4, 0.5) is 5.95 Å². The molecule has 1 saturated heterocycles. The SMILES string of the molecule is Cc1nc(N(C)C)nc2c1COC[C@]21CCNC1. The van der Waals surface area contributed by atoms with Gasteiger partial charge in [-0.05, 0) is 19.9 Å². The van der Waals surface area contributed by atoms with Gasteiger partial charge in [0.05, 0.1) is 24.3 Å². The van der Waals surface area contributed by atoms with Crippen LogP contribution >= 0.6 is 0 Å². The zero-order chi connectivity index (χ0) is 12.8. The average molecular weight is 248 g/mol. The van der Waals surface area contributed by atoms with Gasteiger partial charge in [0.15, 0.2) is 0 Å². The Bertz CT molecular complexity index is 466. The van der Waals surface area contributed by atoms with Crippen LogP contribution in [0, 0.1) is 6.92 Å². The molecule has 0 saturated carbocycles. The number of aryl methyl sites for hydroxylation is 1. The molecule has 1 atom stereocenters. The molecule has 1 aromatic rings. The maximum Gasteiger partial charge on any atom is 0.225 e. The van der Waals surface area contributed by atoms with Gasteiger partial charge >= 0.3 is 0 Å². The van der Waals surface area contributed by atoms with Gasteiger partial charge < -0.3 is 15.0 Å². The number of rotatable bonds is 1. The molecule has 0 radical (unpaired) electrons.